The van der Waals surface area contributed by atoms with Crippen molar-refractivity contribution in [3.63, 3.8) is 0 Å². The van der Waals surface area contributed by atoms with E-state index in [1.165, 1.54) is 18.5 Å². The molecule has 25 heavy (non-hydrogen) atoms. The van der Waals surface area contributed by atoms with E-state index in [1.807, 2.05) is 4.90 Å². The van der Waals surface area contributed by atoms with Crippen LogP contribution in [-0.2, 0) is 4.74 Å². The normalized spacial score (nSPS) is 27.6. The Morgan fingerprint density at radius 1 is 1.36 bits per heavy atom. The first-order valence-corrected chi connectivity index (χ1v) is 8.94. The summed E-state index contributed by atoms with van der Waals surface area (Å²) in [5, 5.41) is 0. The maximum Gasteiger partial charge on any atom is 0.256 e. The van der Waals surface area contributed by atoms with Crippen LogP contribution >= 0.6 is 0 Å². The second kappa shape index (κ2) is 6.72. The van der Waals surface area contributed by atoms with Crippen LogP contribution in [0, 0.1) is 5.82 Å². The van der Waals surface area contributed by atoms with Gasteiger partial charge in [-0.2, -0.15) is 0 Å². The van der Waals surface area contributed by atoms with Crippen LogP contribution in [0.3, 0.4) is 0 Å². The molecule has 0 radical (unpaired) electrons. The summed E-state index contributed by atoms with van der Waals surface area (Å²) >= 11 is 0. The molecule has 3 heterocycles. The number of amides is 1. The minimum Gasteiger partial charge on any atom is -0.376 e. The zero-order chi connectivity index (χ0) is 17.4. The largest absolute Gasteiger partial charge is 0.376 e. The summed E-state index contributed by atoms with van der Waals surface area (Å²) in [6.45, 7) is 1.29. The van der Waals surface area contributed by atoms with Crippen LogP contribution in [0.15, 0.2) is 18.5 Å². The molecule has 3 atom stereocenters. The molecule has 0 spiro atoms. The third-order valence-electron chi connectivity index (χ3n) is 5.31. The van der Waals surface area contributed by atoms with Gasteiger partial charge in [0.05, 0.1) is 29.6 Å². The number of H-pyrrole nitrogens is 1. The third-order valence-corrected chi connectivity index (χ3v) is 5.31. The van der Waals surface area contributed by atoms with Crippen LogP contribution < -0.4 is 5.73 Å². The fourth-order valence-corrected chi connectivity index (χ4v) is 4.05. The minimum absolute atomic E-state index is 0.00939. The van der Waals surface area contributed by atoms with Gasteiger partial charge in [-0.25, -0.2) is 9.37 Å². The molecular weight excluding hydrogens is 323 g/mol. The SMILES string of the molecule is NC1CCOC(C2CCCCN2C(=O)c2cc(F)cc3[nH]cnc23)C1. The van der Waals surface area contributed by atoms with Gasteiger partial charge in [-0.05, 0) is 44.2 Å². The van der Waals surface area contributed by atoms with Gasteiger partial charge < -0.3 is 20.4 Å². The number of halogens is 1. The van der Waals surface area contributed by atoms with Crippen molar-refractivity contribution in [3.8, 4) is 0 Å². The Labute approximate surface area is 145 Å². The number of carbonyl (C=O) groups excluding carboxylic acids is 1. The highest BCUT2D eigenvalue weighted by Crippen LogP contribution is 2.29. The topological polar surface area (TPSA) is 84.2 Å². The lowest BCUT2D eigenvalue weighted by atomic mass is 9.90. The van der Waals surface area contributed by atoms with Gasteiger partial charge in [-0.3, -0.25) is 4.79 Å². The molecule has 134 valence electrons. The number of imidazole rings is 1. The van der Waals surface area contributed by atoms with E-state index in [0.717, 1.165) is 32.1 Å². The van der Waals surface area contributed by atoms with Crippen molar-refractivity contribution < 1.29 is 13.9 Å². The van der Waals surface area contributed by atoms with Crippen LogP contribution in [0.1, 0.15) is 42.5 Å². The Morgan fingerprint density at radius 2 is 2.24 bits per heavy atom. The molecule has 0 saturated carbocycles. The average molecular weight is 346 g/mol. The highest BCUT2D eigenvalue weighted by molar-refractivity contribution is 6.05. The van der Waals surface area contributed by atoms with Crippen LogP contribution in [0.4, 0.5) is 4.39 Å². The Balaban J connectivity index is 1.65. The second-order valence-electron chi connectivity index (χ2n) is 7.01. The maximum atomic E-state index is 13.9. The molecule has 2 aromatic rings. The predicted molar refractivity (Wildman–Crippen MR) is 91.7 cm³/mol. The molecule has 2 saturated heterocycles. The molecule has 1 aromatic heterocycles. The monoisotopic (exact) mass is 346 g/mol. The van der Waals surface area contributed by atoms with Crippen LogP contribution in [0.2, 0.25) is 0 Å². The number of carbonyl (C=O) groups is 1. The van der Waals surface area contributed by atoms with E-state index in [2.05, 4.69) is 9.97 Å². The van der Waals surface area contributed by atoms with Crippen molar-refractivity contribution in [1.82, 2.24) is 14.9 Å². The van der Waals surface area contributed by atoms with E-state index in [1.54, 1.807) is 0 Å². The number of nitrogens with zero attached hydrogens (tertiary/aromatic N) is 2. The van der Waals surface area contributed by atoms with Gasteiger partial charge in [0.25, 0.3) is 5.91 Å². The second-order valence-corrected chi connectivity index (χ2v) is 7.01. The van der Waals surface area contributed by atoms with E-state index in [-0.39, 0.29) is 24.1 Å². The summed E-state index contributed by atoms with van der Waals surface area (Å²) in [5.41, 5.74) is 7.45. The van der Waals surface area contributed by atoms with Gasteiger partial charge in [0, 0.05) is 19.2 Å². The summed E-state index contributed by atoms with van der Waals surface area (Å²) in [7, 11) is 0. The third kappa shape index (κ3) is 3.14. The molecule has 1 amide bonds. The number of hydrogen-bond acceptors (Lipinski definition) is 4. The molecule has 2 fully saturated rings. The lowest BCUT2D eigenvalue weighted by molar-refractivity contribution is -0.0505. The minimum atomic E-state index is -0.440. The van der Waals surface area contributed by atoms with Gasteiger partial charge in [0.2, 0.25) is 0 Å². The quantitative estimate of drug-likeness (QED) is 0.873. The van der Waals surface area contributed by atoms with Crippen LogP contribution in [0.25, 0.3) is 11.0 Å². The molecule has 2 aliphatic heterocycles. The Hall–Kier alpha value is -1.99. The first-order chi connectivity index (χ1) is 12.1. The van der Waals surface area contributed by atoms with E-state index in [0.29, 0.717) is 29.7 Å². The highest BCUT2D eigenvalue weighted by atomic mass is 19.1. The Bertz CT molecular complexity index is 778. The van der Waals surface area contributed by atoms with Gasteiger partial charge in [0.1, 0.15) is 11.3 Å². The number of likely N-dealkylation sites (tertiary alicyclic amines) is 1. The van der Waals surface area contributed by atoms with E-state index in [4.69, 9.17) is 10.5 Å². The predicted octanol–water partition coefficient (Wildman–Crippen LogP) is 2.20. The molecule has 7 heteroatoms. The smallest absolute Gasteiger partial charge is 0.256 e. The molecule has 0 aliphatic carbocycles. The molecule has 4 rings (SSSR count). The molecular formula is C18H23FN4O2. The lowest BCUT2D eigenvalue weighted by Crippen LogP contribution is -2.53. The number of hydrogen-bond donors (Lipinski definition) is 2. The number of nitrogens with two attached hydrogens (primary N) is 1. The highest BCUT2D eigenvalue weighted by Gasteiger charge is 2.37. The number of aromatic amines is 1. The van der Waals surface area contributed by atoms with E-state index < -0.39 is 5.82 Å². The maximum absolute atomic E-state index is 13.9. The summed E-state index contributed by atoms with van der Waals surface area (Å²) in [5.74, 6) is -0.617. The van der Waals surface area contributed by atoms with Crippen LogP contribution in [-0.4, -0.2) is 52.1 Å². The molecule has 3 unspecified atom stereocenters. The van der Waals surface area contributed by atoms with Crippen molar-refractivity contribution >= 4 is 16.9 Å². The Kier molecular flexibility index (Phi) is 4.43. The number of fused-ring (bicyclic) bond motifs is 1. The summed E-state index contributed by atoms with van der Waals surface area (Å²) < 4.78 is 19.9. The first kappa shape index (κ1) is 16.5. The standard InChI is InChI=1S/C18H23FN4O2/c19-11-7-13(17-14(8-11)21-10-22-17)18(24)23-5-2-1-3-15(23)16-9-12(20)4-6-25-16/h7-8,10,12,15-16H,1-6,9,20H2,(H,21,22). The van der Waals surface area contributed by atoms with Crippen molar-refractivity contribution in [2.45, 2.75) is 50.3 Å². The fraction of sp³-hybridized carbons (Fsp3) is 0.556. The summed E-state index contributed by atoms with van der Waals surface area (Å²) in [6, 6.07) is 2.75. The zero-order valence-corrected chi connectivity index (χ0v) is 14.1. The average Bonchev–Trinajstić information content (AvgIpc) is 3.08. The van der Waals surface area contributed by atoms with Gasteiger partial charge in [-0.15, -0.1) is 0 Å². The molecule has 6 nitrogen and oxygen atoms in total. The number of rotatable bonds is 2. The van der Waals surface area contributed by atoms with Gasteiger partial charge in [-0.1, -0.05) is 0 Å². The van der Waals surface area contributed by atoms with Crippen LogP contribution in [0.5, 0.6) is 0 Å². The lowest BCUT2D eigenvalue weighted by Gasteiger charge is -2.42. The fourth-order valence-electron chi connectivity index (χ4n) is 4.05. The molecule has 2 aliphatic rings. The number of ether oxygens (including phenoxy) is 1. The van der Waals surface area contributed by atoms with Gasteiger partial charge in [0.15, 0.2) is 0 Å². The van der Waals surface area contributed by atoms with Crippen molar-refractivity contribution in [2.24, 2.45) is 5.73 Å². The number of nitrogens with one attached hydrogen (secondary N) is 1. The van der Waals surface area contributed by atoms with Crippen molar-refractivity contribution in [2.75, 3.05) is 13.2 Å². The summed E-state index contributed by atoms with van der Waals surface area (Å²) in [4.78, 5) is 22.1. The van der Waals surface area contributed by atoms with Crippen molar-refractivity contribution in [1.29, 1.82) is 0 Å². The van der Waals surface area contributed by atoms with Crippen molar-refractivity contribution in [3.05, 3.63) is 29.8 Å². The number of aromatic nitrogens is 2. The van der Waals surface area contributed by atoms with E-state index >= 15 is 0 Å². The number of benzene rings is 1. The molecule has 0 bridgehead atoms. The van der Waals surface area contributed by atoms with E-state index in [9.17, 15) is 9.18 Å². The summed E-state index contributed by atoms with van der Waals surface area (Å²) in [6.07, 6.45) is 5.95. The number of piperidine rings is 1. The Morgan fingerprint density at radius 3 is 3.08 bits per heavy atom. The van der Waals surface area contributed by atoms with Gasteiger partial charge >= 0.3 is 0 Å². The molecule has 1 aromatic carbocycles. The molecule has 3 N–H and O–H groups in total. The zero-order valence-electron chi connectivity index (χ0n) is 14.1. The first-order valence-electron chi connectivity index (χ1n) is 8.94.